The minimum Gasteiger partial charge on any atom is -0.301 e. The van der Waals surface area contributed by atoms with Crippen molar-refractivity contribution in [2.24, 2.45) is 0 Å². The van der Waals surface area contributed by atoms with E-state index in [2.05, 4.69) is 5.32 Å². The van der Waals surface area contributed by atoms with Gasteiger partial charge >= 0.3 is 0 Å². The second-order valence-corrected chi connectivity index (χ2v) is 8.48. The van der Waals surface area contributed by atoms with Gasteiger partial charge in [0.05, 0.1) is 9.82 Å². The fourth-order valence-electron chi connectivity index (χ4n) is 2.37. The Morgan fingerprint density at radius 2 is 1.95 bits per heavy atom. The van der Waals surface area contributed by atoms with Gasteiger partial charge in [0, 0.05) is 12.1 Å². The average Bonchev–Trinajstić information content (AvgIpc) is 2.91. The fraction of sp³-hybridized carbons (Fsp3) is 0.571. The minimum absolute atomic E-state index is 0.0287. The van der Waals surface area contributed by atoms with Crippen LogP contribution in [0.4, 0.5) is 5.69 Å². The van der Waals surface area contributed by atoms with Crippen molar-refractivity contribution in [2.75, 3.05) is 6.54 Å². The zero-order valence-corrected chi connectivity index (χ0v) is 13.2. The lowest BCUT2D eigenvalue weighted by atomic mass is 9.87. The summed E-state index contributed by atoms with van der Waals surface area (Å²) in [5.41, 5.74) is 0.103. The van der Waals surface area contributed by atoms with Gasteiger partial charge in [-0.05, 0) is 36.4 Å². The van der Waals surface area contributed by atoms with Crippen LogP contribution in [-0.4, -0.2) is 25.3 Å². The lowest BCUT2D eigenvalue weighted by molar-refractivity contribution is -0.385. The molecular formula is C14H20N2O4S. The number of rotatable bonds is 3. The van der Waals surface area contributed by atoms with E-state index in [9.17, 15) is 18.5 Å². The first kappa shape index (κ1) is 15.9. The molecule has 1 aliphatic rings. The second kappa shape index (κ2) is 5.38. The first-order valence-corrected chi connectivity index (χ1v) is 8.44. The molecule has 0 aliphatic carbocycles. The summed E-state index contributed by atoms with van der Waals surface area (Å²) < 4.78 is 25.2. The third kappa shape index (κ3) is 3.24. The normalized spacial score (nSPS) is 19.7. The fourth-order valence-corrected chi connectivity index (χ4v) is 4.09. The van der Waals surface area contributed by atoms with Gasteiger partial charge in [0.15, 0.2) is 9.84 Å². The first-order chi connectivity index (χ1) is 9.62. The molecule has 0 saturated carbocycles. The Balaban J connectivity index is 2.57. The average molecular weight is 312 g/mol. The summed E-state index contributed by atoms with van der Waals surface area (Å²) in [4.78, 5) is 10.6. The number of benzene rings is 1. The van der Waals surface area contributed by atoms with Crippen LogP contribution in [0.25, 0.3) is 0 Å². The lowest BCUT2D eigenvalue weighted by Gasteiger charge is -2.20. The van der Waals surface area contributed by atoms with Crippen LogP contribution in [0.5, 0.6) is 0 Å². The van der Waals surface area contributed by atoms with Crippen molar-refractivity contribution in [1.29, 1.82) is 0 Å². The molecule has 1 aliphatic heterocycles. The highest BCUT2D eigenvalue weighted by Crippen LogP contribution is 2.31. The Morgan fingerprint density at radius 3 is 2.43 bits per heavy atom. The molecule has 0 amide bonds. The van der Waals surface area contributed by atoms with E-state index in [1.54, 1.807) is 6.07 Å². The van der Waals surface area contributed by atoms with E-state index >= 15 is 0 Å². The van der Waals surface area contributed by atoms with Crippen molar-refractivity contribution < 1.29 is 13.3 Å². The number of hydrogen-bond donors (Lipinski definition) is 1. The van der Waals surface area contributed by atoms with Crippen LogP contribution >= 0.6 is 0 Å². The SMILES string of the molecule is CC(C)(C)c1cc([N+](=O)[O-])cc(S(=O)(=O)C2CCCN2)c1. The molecule has 2 rings (SSSR count). The number of nitrogens with one attached hydrogen (secondary N) is 1. The third-order valence-electron chi connectivity index (χ3n) is 3.69. The number of hydrogen-bond acceptors (Lipinski definition) is 5. The summed E-state index contributed by atoms with van der Waals surface area (Å²) in [7, 11) is -3.59. The van der Waals surface area contributed by atoms with E-state index < -0.39 is 20.1 Å². The predicted octanol–water partition coefficient (Wildman–Crippen LogP) is 2.38. The summed E-state index contributed by atoms with van der Waals surface area (Å²) in [6, 6.07) is 4.16. The monoisotopic (exact) mass is 312 g/mol. The smallest absolute Gasteiger partial charge is 0.271 e. The molecule has 7 heteroatoms. The van der Waals surface area contributed by atoms with E-state index in [0.717, 1.165) is 12.5 Å². The summed E-state index contributed by atoms with van der Waals surface area (Å²) in [6.45, 7) is 6.35. The second-order valence-electron chi connectivity index (χ2n) is 6.35. The quantitative estimate of drug-likeness (QED) is 0.683. The zero-order chi connectivity index (χ0) is 15.8. The maximum absolute atomic E-state index is 12.6. The molecule has 1 fully saturated rings. The van der Waals surface area contributed by atoms with Crippen molar-refractivity contribution >= 4 is 15.5 Å². The molecule has 0 radical (unpaired) electrons. The highest BCUT2D eigenvalue weighted by atomic mass is 32.2. The van der Waals surface area contributed by atoms with Crippen molar-refractivity contribution in [2.45, 2.75) is 49.3 Å². The van der Waals surface area contributed by atoms with E-state index in [0.29, 0.717) is 18.5 Å². The van der Waals surface area contributed by atoms with Gasteiger partial charge in [-0.25, -0.2) is 8.42 Å². The van der Waals surface area contributed by atoms with Crippen molar-refractivity contribution in [3.05, 3.63) is 33.9 Å². The molecule has 0 aromatic heterocycles. The minimum atomic E-state index is -3.59. The lowest BCUT2D eigenvalue weighted by Crippen LogP contribution is -2.31. The van der Waals surface area contributed by atoms with Crippen molar-refractivity contribution in [3.8, 4) is 0 Å². The van der Waals surface area contributed by atoms with Crippen LogP contribution in [0.3, 0.4) is 0 Å². The maximum Gasteiger partial charge on any atom is 0.271 e. The highest BCUT2D eigenvalue weighted by molar-refractivity contribution is 7.92. The first-order valence-electron chi connectivity index (χ1n) is 6.89. The van der Waals surface area contributed by atoms with Gasteiger partial charge in [0.1, 0.15) is 5.37 Å². The Labute approximate surface area is 124 Å². The van der Waals surface area contributed by atoms with Gasteiger partial charge in [-0.15, -0.1) is 0 Å². The number of nitro benzene ring substituents is 1. The zero-order valence-electron chi connectivity index (χ0n) is 12.4. The molecule has 1 aromatic carbocycles. The largest absolute Gasteiger partial charge is 0.301 e. The van der Waals surface area contributed by atoms with Crippen molar-refractivity contribution in [1.82, 2.24) is 5.32 Å². The molecule has 1 atom stereocenters. The van der Waals surface area contributed by atoms with E-state index in [-0.39, 0.29) is 16.0 Å². The Hall–Kier alpha value is -1.47. The summed E-state index contributed by atoms with van der Waals surface area (Å²) in [5, 5.41) is 13.4. The van der Waals surface area contributed by atoms with Crippen LogP contribution in [-0.2, 0) is 15.3 Å². The van der Waals surface area contributed by atoms with Gasteiger partial charge in [0.25, 0.3) is 5.69 Å². The van der Waals surface area contributed by atoms with Crippen LogP contribution in [0.1, 0.15) is 39.2 Å². The van der Waals surface area contributed by atoms with E-state index in [1.165, 1.54) is 6.07 Å². The summed E-state index contributed by atoms with van der Waals surface area (Å²) >= 11 is 0. The highest BCUT2D eigenvalue weighted by Gasteiger charge is 2.32. The molecule has 21 heavy (non-hydrogen) atoms. The Bertz CT molecular complexity index is 656. The molecule has 116 valence electrons. The standard InChI is InChI=1S/C14H20N2O4S/c1-14(2,3)10-7-11(16(17)18)9-12(8-10)21(19,20)13-5-4-6-15-13/h7-9,13,15H,4-6H2,1-3H3. The maximum atomic E-state index is 12.6. The third-order valence-corrected chi connectivity index (χ3v) is 5.73. The number of nitrogens with zero attached hydrogens (tertiary/aromatic N) is 1. The van der Waals surface area contributed by atoms with Crippen molar-refractivity contribution in [3.63, 3.8) is 0 Å². The van der Waals surface area contributed by atoms with Gasteiger partial charge < -0.3 is 5.32 Å². The molecule has 1 N–H and O–H groups in total. The molecule has 0 bridgehead atoms. The molecule has 1 saturated heterocycles. The molecule has 1 unspecified atom stereocenters. The summed E-state index contributed by atoms with van der Waals surface area (Å²) in [6.07, 6.45) is 1.33. The summed E-state index contributed by atoms with van der Waals surface area (Å²) in [5.74, 6) is 0. The van der Waals surface area contributed by atoms with Crippen LogP contribution in [0, 0.1) is 10.1 Å². The predicted molar refractivity (Wildman–Crippen MR) is 80.0 cm³/mol. The molecular weight excluding hydrogens is 292 g/mol. The van der Waals surface area contributed by atoms with Gasteiger partial charge in [-0.2, -0.15) is 0 Å². The van der Waals surface area contributed by atoms with E-state index in [4.69, 9.17) is 0 Å². The Kier molecular flexibility index (Phi) is 4.08. The topological polar surface area (TPSA) is 89.3 Å². The number of nitro groups is 1. The van der Waals surface area contributed by atoms with E-state index in [1.807, 2.05) is 20.8 Å². The number of sulfone groups is 1. The molecule has 1 heterocycles. The van der Waals surface area contributed by atoms with Gasteiger partial charge in [-0.1, -0.05) is 20.8 Å². The molecule has 6 nitrogen and oxygen atoms in total. The van der Waals surface area contributed by atoms with Crippen LogP contribution < -0.4 is 5.32 Å². The molecule has 0 spiro atoms. The van der Waals surface area contributed by atoms with Gasteiger partial charge in [-0.3, -0.25) is 10.1 Å². The van der Waals surface area contributed by atoms with Gasteiger partial charge in [0.2, 0.25) is 0 Å². The number of non-ortho nitro benzene ring substituents is 1. The van der Waals surface area contributed by atoms with Crippen LogP contribution in [0.2, 0.25) is 0 Å². The van der Waals surface area contributed by atoms with Crippen LogP contribution in [0.15, 0.2) is 23.1 Å². The molecule has 1 aromatic rings. The Morgan fingerprint density at radius 1 is 1.29 bits per heavy atom.